The van der Waals surface area contributed by atoms with Crippen LogP contribution < -0.4 is 5.32 Å². The Hall–Kier alpha value is -1.42. The Morgan fingerprint density at radius 1 is 1.40 bits per heavy atom. The number of benzene rings is 1. The monoisotopic (exact) mass is 275 g/mol. The van der Waals surface area contributed by atoms with Crippen molar-refractivity contribution < 1.29 is 4.39 Å². The zero-order valence-corrected chi connectivity index (χ0v) is 12.4. The summed E-state index contributed by atoms with van der Waals surface area (Å²) in [6, 6.07) is 5.78. The first-order valence-corrected chi connectivity index (χ1v) is 7.47. The van der Waals surface area contributed by atoms with Gasteiger partial charge in [-0.05, 0) is 52.3 Å². The van der Waals surface area contributed by atoms with Crippen LogP contribution in [0.3, 0.4) is 0 Å². The Morgan fingerprint density at radius 3 is 2.90 bits per heavy atom. The molecule has 0 bridgehead atoms. The SMILES string of the molecule is CC1CC(c2nc3cc(F)ccc3n2C(C)C)CCN1. The second-order valence-corrected chi connectivity index (χ2v) is 6.14. The summed E-state index contributed by atoms with van der Waals surface area (Å²) in [6.45, 7) is 7.58. The lowest BCUT2D eigenvalue weighted by Gasteiger charge is -2.28. The molecule has 1 aliphatic heterocycles. The van der Waals surface area contributed by atoms with E-state index in [0.717, 1.165) is 36.2 Å². The van der Waals surface area contributed by atoms with Gasteiger partial charge in [0.1, 0.15) is 11.6 Å². The average molecular weight is 275 g/mol. The number of fused-ring (bicyclic) bond motifs is 1. The van der Waals surface area contributed by atoms with E-state index >= 15 is 0 Å². The molecule has 1 aliphatic rings. The maximum atomic E-state index is 13.4. The summed E-state index contributed by atoms with van der Waals surface area (Å²) in [4.78, 5) is 4.75. The van der Waals surface area contributed by atoms with Crippen LogP contribution in [0, 0.1) is 5.82 Å². The van der Waals surface area contributed by atoms with Gasteiger partial charge in [-0.25, -0.2) is 9.37 Å². The van der Waals surface area contributed by atoms with Crippen LogP contribution >= 0.6 is 0 Å². The molecule has 1 N–H and O–H groups in total. The molecule has 3 nitrogen and oxygen atoms in total. The molecule has 2 unspecified atom stereocenters. The highest BCUT2D eigenvalue weighted by Crippen LogP contribution is 2.32. The maximum absolute atomic E-state index is 13.4. The number of hydrogen-bond donors (Lipinski definition) is 1. The van der Waals surface area contributed by atoms with E-state index in [1.165, 1.54) is 6.07 Å². The fourth-order valence-corrected chi connectivity index (χ4v) is 3.29. The van der Waals surface area contributed by atoms with Gasteiger partial charge in [-0.1, -0.05) is 0 Å². The van der Waals surface area contributed by atoms with Gasteiger partial charge in [0.25, 0.3) is 0 Å². The number of nitrogens with one attached hydrogen (secondary N) is 1. The van der Waals surface area contributed by atoms with E-state index < -0.39 is 0 Å². The van der Waals surface area contributed by atoms with Crippen LogP contribution in [0.1, 0.15) is 51.4 Å². The van der Waals surface area contributed by atoms with Gasteiger partial charge < -0.3 is 9.88 Å². The lowest BCUT2D eigenvalue weighted by atomic mass is 9.92. The van der Waals surface area contributed by atoms with Crippen LogP contribution in [0.2, 0.25) is 0 Å². The molecule has 1 saturated heterocycles. The predicted octanol–water partition coefficient (Wildman–Crippen LogP) is 3.61. The summed E-state index contributed by atoms with van der Waals surface area (Å²) < 4.78 is 15.7. The van der Waals surface area contributed by atoms with Gasteiger partial charge in [0.15, 0.2) is 0 Å². The quantitative estimate of drug-likeness (QED) is 0.907. The van der Waals surface area contributed by atoms with Gasteiger partial charge in [-0.2, -0.15) is 0 Å². The number of halogens is 1. The number of piperidine rings is 1. The molecule has 0 radical (unpaired) electrons. The molecule has 0 saturated carbocycles. The summed E-state index contributed by atoms with van der Waals surface area (Å²) >= 11 is 0. The van der Waals surface area contributed by atoms with Crippen LogP contribution in [0.25, 0.3) is 11.0 Å². The third-order valence-electron chi connectivity index (χ3n) is 4.18. The minimum Gasteiger partial charge on any atom is -0.325 e. The highest BCUT2D eigenvalue weighted by Gasteiger charge is 2.26. The Balaban J connectivity index is 2.11. The van der Waals surface area contributed by atoms with Crippen molar-refractivity contribution in [1.82, 2.24) is 14.9 Å². The Bertz CT molecular complexity index is 617. The summed E-state index contributed by atoms with van der Waals surface area (Å²) in [7, 11) is 0. The minimum absolute atomic E-state index is 0.212. The molecule has 1 fully saturated rings. The van der Waals surface area contributed by atoms with Crippen LogP contribution in [-0.4, -0.2) is 22.1 Å². The van der Waals surface area contributed by atoms with E-state index in [9.17, 15) is 4.39 Å². The second kappa shape index (κ2) is 5.17. The molecular formula is C16H22FN3. The molecule has 2 aromatic rings. The molecule has 0 amide bonds. The van der Waals surface area contributed by atoms with Crippen molar-refractivity contribution in [2.75, 3.05) is 6.54 Å². The fraction of sp³-hybridized carbons (Fsp3) is 0.562. The standard InChI is InChI=1S/C16H22FN3/c1-10(2)20-15-5-4-13(17)9-14(15)19-16(20)12-6-7-18-11(3)8-12/h4-5,9-12,18H,6-8H2,1-3H3. The zero-order valence-electron chi connectivity index (χ0n) is 12.4. The van der Waals surface area contributed by atoms with Crippen molar-refractivity contribution in [1.29, 1.82) is 0 Å². The van der Waals surface area contributed by atoms with Crippen LogP contribution in [0.4, 0.5) is 4.39 Å². The number of aromatic nitrogens is 2. The molecule has 4 heteroatoms. The van der Waals surface area contributed by atoms with E-state index in [-0.39, 0.29) is 5.82 Å². The second-order valence-electron chi connectivity index (χ2n) is 6.14. The molecule has 20 heavy (non-hydrogen) atoms. The molecule has 2 atom stereocenters. The lowest BCUT2D eigenvalue weighted by molar-refractivity contribution is 0.360. The van der Waals surface area contributed by atoms with Crippen molar-refractivity contribution in [2.45, 2.75) is 51.6 Å². The predicted molar refractivity (Wildman–Crippen MR) is 79.5 cm³/mol. The van der Waals surface area contributed by atoms with Crippen molar-refractivity contribution in [3.63, 3.8) is 0 Å². The highest BCUT2D eigenvalue weighted by molar-refractivity contribution is 5.76. The van der Waals surface area contributed by atoms with Crippen LogP contribution in [0.15, 0.2) is 18.2 Å². The van der Waals surface area contributed by atoms with Gasteiger partial charge in [-0.15, -0.1) is 0 Å². The number of nitrogens with zero attached hydrogens (tertiary/aromatic N) is 2. The van der Waals surface area contributed by atoms with Crippen molar-refractivity contribution in [2.24, 2.45) is 0 Å². The first-order chi connectivity index (χ1) is 9.56. The lowest BCUT2D eigenvalue weighted by Crippen LogP contribution is -2.35. The van der Waals surface area contributed by atoms with Crippen molar-refractivity contribution in [3.05, 3.63) is 29.8 Å². The Morgan fingerprint density at radius 2 is 2.20 bits per heavy atom. The largest absolute Gasteiger partial charge is 0.325 e. The van der Waals surface area contributed by atoms with Crippen molar-refractivity contribution >= 4 is 11.0 Å². The fourth-order valence-electron chi connectivity index (χ4n) is 3.29. The van der Waals surface area contributed by atoms with E-state index in [0.29, 0.717) is 18.0 Å². The smallest absolute Gasteiger partial charge is 0.125 e. The molecule has 0 spiro atoms. The normalized spacial score (nSPS) is 23.6. The summed E-state index contributed by atoms with van der Waals surface area (Å²) in [6.07, 6.45) is 2.20. The Labute approximate surface area is 119 Å². The summed E-state index contributed by atoms with van der Waals surface area (Å²) in [5, 5.41) is 3.48. The molecule has 3 rings (SSSR count). The molecule has 0 aliphatic carbocycles. The van der Waals surface area contributed by atoms with Gasteiger partial charge in [0.2, 0.25) is 0 Å². The zero-order chi connectivity index (χ0) is 14.3. The molecule has 1 aromatic heterocycles. The minimum atomic E-state index is -0.212. The van der Waals surface area contributed by atoms with Crippen LogP contribution in [0.5, 0.6) is 0 Å². The molecule has 108 valence electrons. The molecule has 2 heterocycles. The van der Waals surface area contributed by atoms with Gasteiger partial charge >= 0.3 is 0 Å². The average Bonchev–Trinajstić information content (AvgIpc) is 2.77. The molecule has 1 aromatic carbocycles. The summed E-state index contributed by atoms with van der Waals surface area (Å²) in [5.74, 6) is 1.37. The first kappa shape index (κ1) is 13.6. The maximum Gasteiger partial charge on any atom is 0.125 e. The number of rotatable bonds is 2. The van der Waals surface area contributed by atoms with Gasteiger partial charge in [0, 0.05) is 24.1 Å². The Kier molecular flexibility index (Phi) is 3.50. The van der Waals surface area contributed by atoms with E-state index in [1.807, 2.05) is 6.07 Å². The number of hydrogen-bond acceptors (Lipinski definition) is 2. The van der Waals surface area contributed by atoms with Gasteiger partial charge in [0.05, 0.1) is 11.0 Å². The summed E-state index contributed by atoms with van der Waals surface area (Å²) in [5.41, 5.74) is 1.82. The highest BCUT2D eigenvalue weighted by atomic mass is 19.1. The molecular weight excluding hydrogens is 253 g/mol. The van der Waals surface area contributed by atoms with E-state index in [4.69, 9.17) is 4.98 Å². The van der Waals surface area contributed by atoms with Crippen molar-refractivity contribution in [3.8, 4) is 0 Å². The van der Waals surface area contributed by atoms with E-state index in [1.54, 1.807) is 6.07 Å². The third-order valence-corrected chi connectivity index (χ3v) is 4.18. The third kappa shape index (κ3) is 2.33. The first-order valence-electron chi connectivity index (χ1n) is 7.47. The van der Waals surface area contributed by atoms with Gasteiger partial charge in [-0.3, -0.25) is 0 Å². The number of imidazole rings is 1. The van der Waals surface area contributed by atoms with E-state index in [2.05, 4.69) is 30.7 Å². The van der Waals surface area contributed by atoms with Crippen LogP contribution in [-0.2, 0) is 0 Å². The topological polar surface area (TPSA) is 29.9 Å².